The molecule has 3 nitrogen and oxygen atoms in total. The molecule has 2 heterocycles. The number of aromatic amines is 1. The van der Waals surface area contributed by atoms with Gasteiger partial charge in [0.25, 0.3) is 0 Å². The molecule has 1 N–H and O–H groups in total. The Hall–Kier alpha value is -1.33. The molecule has 0 saturated carbocycles. The van der Waals surface area contributed by atoms with Crippen molar-refractivity contribution >= 4 is 23.5 Å². The standard InChI is InChI=1S/C15H19BFNO2/c1-9-13(11-7-6-10(17)8-12(11)18-9)16-19-14(2,3)15(4,5)20-16/h6-8,18H,1-5H3. The molecule has 0 radical (unpaired) electrons. The minimum Gasteiger partial charge on any atom is -0.399 e. The van der Waals surface area contributed by atoms with Crippen molar-refractivity contribution in [2.75, 3.05) is 0 Å². The number of nitrogens with one attached hydrogen (secondary N) is 1. The molecule has 0 atom stereocenters. The average Bonchev–Trinajstić information content (AvgIpc) is 2.71. The van der Waals surface area contributed by atoms with Crippen LogP contribution in [0.25, 0.3) is 10.9 Å². The zero-order valence-electron chi connectivity index (χ0n) is 12.5. The van der Waals surface area contributed by atoms with E-state index in [1.165, 1.54) is 12.1 Å². The molecule has 1 aromatic heterocycles. The normalized spacial score (nSPS) is 20.8. The number of fused-ring (bicyclic) bond motifs is 1. The Morgan fingerprint density at radius 2 is 1.70 bits per heavy atom. The van der Waals surface area contributed by atoms with Crippen LogP contribution < -0.4 is 5.46 Å². The maximum atomic E-state index is 13.3. The van der Waals surface area contributed by atoms with Gasteiger partial charge in [0.05, 0.1) is 11.2 Å². The minimum absolute atomic E-state index is 0.251. The number of H-pyrrole nitrogens is 1. The first-order valence-electron chi connectivity index (χ1n) is 6.85. The third-order valence-corrected chi connectivity index (χ3v) is 4.49. The van der Waals surface area contributed by atoms with E-state index in [9.17, 15) is 4.39 Å². The maximum absolute atomic E-state index is 13.3. The summed E-state index contributed by atoms with van der Waals surface area (Å²) < 4.78 is 25.5. The van der Waals surface area contributed by atoms with Crippen LogP contribution >= 0.6 is 0 Å². The molecule has 106 valence electrons. The second kappa shape index (κ2) is 4.09. The lowest BCUT2D eigenvalue weighted by molar-refractivity contribution is 0.00578. The zero-order valence-corrected chi connectivity index (χ0v) is 12.5. The first kappa shape index (κ1) is 13.6. The summed E-state index contributed by atoms with van der Waals surface area (Å²) in [7, 11) is -0.431. The van der Waals surface area contributed by atoms with Crippen molar-refractivity contribution < 1.29 is 13.7 Å². The number of benzene rings is 1. The van der Waals surface area contributed by atoms with Crippen LogP contribution in [0.2, 0.25) is 0 Å². The maximum Gasteiger partial charge on any atom is 0.497 e. The van der Waals surface area contributed by atoms with Gasteiger partial charge < -0.3 is 14.3 Å². The fourth-order valence-corrected chi connectivity index (χ4v) is 2.59. The van der Waals surface area contributed by atoms with Crippen LogP contribution in [-0.2, 0) is 9.31 Å². The highest BCUT2D eigenvalue weighted by molar-refractivity contribution is 6.65. The van der Waals surface area contributed by atoms with Crippen molar-refractivity contribution in [3.63, 3.8) is 0 Å². The van der Waals surface area contributed by atoms with Crippen LogP contribution in [0.1, 0.15) is 33.4 Å². The Morgan fingerprint density at radius 3 is 2.30 bits per heavy atom. The number of aryl methyl sites for hydroxylation is 1. The molecule has 1 fully saturated rings. The molecule has 5 heteroatoms. The van der Waals surface area contributed by atoms with Crippen LogP contribution in [0.5, 0.6) is 0 Å². The molecule has 1 aliphatic heterocycles. The smallest absolute Gasteiger partial charge is 0.399 e. The van der Waals surface area contributed by atoms with Crippen molar-refractivity contribution in [1.29, 1.82) is 0 Å². The quantitative estimate of drug-likeness (QED) is 0.812. The van der Waals surface area contributed by atoms with Gasteiger partial charge in [0, 0.05) is 16.7 Å². The summed E-state index contributed by atoms with van der Waals surface area (Å²) >= 11 is 0. The molecule has 2 aromatic rings. The van der Waals surface area contributed by atoms with Gasteiger partial charge in [-0.25, -0.2) is 4.39 Å². The van der Waals surface area contributed by atoms with Gasteiger partial charge in [0.1, 0.15) is 5.82 Å². The van der Waals surface area contributed by atoms with E-state index in [-0.39, 0.29) is 17.0 Å². The van der Waals surface area contributed by atoms with Crippen molar-refractivity contribution in [1.82, 2.24) is 4.98 Å². The molecule has 3 rings (SSSR count). The van der Waals surface area contributed by atoms with E-state index in [4.69, 9.17) is 9.31 Å². The van der Waals surface area contributed by atoms with Gasteiger partial charge in [-0.15, -0.1) is 0 Å². The van der Waals surface area contributed by atoms with E-state index >= 15 is 0 Å². The van der Waals surface area contributed by atoms with Crippen molar-refractivity contribution in [2.24, 2.45) is 0 Å². The molecule has 20 heavy (non-hydrogen) atoms. The van der Waals surface area contributed by atoms with Gasteiger partial charge in [-0.1, -0.05) is 6.07 Å². The summed E-state index contributed by atoms with van der Waals surface area (Å²) in [6, 6.07) is 4.73. The van der Waals surface area contributed by atoms with Gasteiger partial charge >= 0.3 is 7.12 Å². The molecule has 1 saturated heterocycles. The Bertz CT molecular complexity index is 662. The molecule has 0 unspecified atom stereocenters. The third-order valence-electron chi connectivity index (χ3n) is 4.49. The van der Waals surface area contributed by atoms with Crippen LogP contribution in [0, 0.1) is 12.7 Å². The van der Waals surface area contributed by atoms with E-state index < -0.39 is 7.12 Å². The Balaban J connectivity index is 2.10. The summed E-state index contributed by atoms with van der Waals surface area (Å²) in [6.45, 7) is 10.1. The lowest BCUT2D eigenvalue weighted by Crippen LogP contribution is -2.41. The first-order chi connectivity index (χ1) is 9.21. The fraction of sp³-hybridized carbons (Fsp3) is 0.467. The van der Waals surface area contributed by atoms with E-state index in [2.05, 4.69) is 4.98 Å². The van der Waals surface area contributed by atoms with E-state index in [0.717, 1.165) is 22.1 Å². The largest absolute Gasteiger partial charge is 0.497 e. The van der Waals surface area contributed by atoms with Crippen LogP contribution in [0.15, 0.2) is 18.2 Å². The molecule has 0 aliphatic carbocycles. The highest BCUT2D eigenvalue weighted by atomic mass is 19.1. The minimum atomic E-state index is -0.431. The van der Waals surface area contributed by atoms with Gasteiger partial charge in [0.15, 0.2) is 0 Å². The molecule has 0 spiro atoms. The Labute approximate surface area is 118 Å². The molecule has 1 aliphatic rings. The number of halogens is 1. The summed E-state index contributed by atoms with van der Waals surface area (Å²) in [5, 5.41) is 0.947. The van der Waals surface area contributed by atoms with Gasteiger partial charge in [-0.05, 0) is 52.1 Å². The lowest BCUT2D eigenvalue weighted by atomic mass is 9.77. The monoisotopic (exact) mass is 275 g/mol. The van der Waals surface area contributed by atoms with Crippen molar-refractivity contribution in [3.05, 3.63) is 29.7 Å². The SMILES string of the molecule is Cc1[nH]c2cc(F)ccc2c1B1OC(C)(C)C(C)(C)O1. The second-order valence-electron chi connectivity index (χ2n) is 6.44. The number of aromatic nitrogens is 1. The second-order valence-corrected chi connectivity index (χ2v) is 6.44. The summed E-state index contributed by atoms with van der Waals surface area (Å²) in [5.74, 6) is -0.251. The summed E-state index contributed by atoms with van der Waals surface area (Å²) in [4.78, 5) is 3.20. The average molecular weight is 275 g/mol. The topological polar surface area (TPSA) is 34.2 Å². The van der Waals surface area contributed by atoms with Crippen LogP contribution in [-0.4, -0.2) is 23.3 Å². The molecular formula is C15H19BFNO2. The number of hydrogen-bond donors (Lipinski definition) is 1. The Kier molecular flexibility index (Phi) is 2.79. The predicted octanol–water partition coefficient (Wildman–Crippen LogP) is 2.91. The summed E-state index contributed by atoms with van der Waals surface area (Å²) in [5.41, 5.74) is 1.91. The van der Waals surface area contributed by atoms with Crippen LogP contribution in [0.4, 0.5) is 4.39 Å². The molecule has 0 bridgehead atoms. The van der Waals surface area contributed by atoms with E-state index in [1.54, 1.807) is 6.07 Å². The first-order valence-corrected chi connectivity index (χ1v) is 6.85. The fourth-order valence-electron chi connectivity index (χ4n) is 2.59. The van der Waals surface area contributed by atoms with E-state index in [1.807, 2.05) is 34.6 Å². The van der Waals surface area contributed by atoms with Crippen LogP contribution in [0.3, 0.4) is 0 Å². The highest BCUT2D eigenvalue weighted by Crippen LogP contribution is 2.37. The molecule has 1 aromatic carbocycles. The van der Waals surface area contributed by atoms with Gasteiger partial charge in [-0.3, -0.25) is 0 Å². The van der Waals surface area contributed by atoms with Gasteiger partial charge in [0.2, 0.25) is 0 Å². The summed E-state index contributed by atoms with van der Waals surface area (Å²) in [6.07, 6.45) is 0. The van der Waals surface area contributed by atoms with Crippen molar-refractivity contribution in [2.45, 2.75) is 45.8 Å². The Morgan fingerprint density at radius 1 is 1.10 bits per heavy atom. The third kappa shape index (κ3) is 1.88. The number of hydrogen-bond acceptors (Lipinski definition) is 2. The number of rotatable bonds is 1. The predicted molar refractivity (Wildman–Crippen MR) is 78.7 cm³/mol. The van der Waals surface area contributed by atoms with Gasteiger partial charge in [-0.2, -0.15) is 0 Å². The zero-order chi connectivity index (χ0) is 14.7. The molecular weight excluding hydrogens is 256 g/mol. The van der Waals surface area contributed by atoms with Crippen molar-refractivity contribution in [3.8, 4) is 0 Å². The van der Waals surface area contributed by atoms with E-state index in [0.29, 0.717) is 0 Å². The lowest BCUT2D eigenvalue weighted by Gasteiger charge is -2.32. The molecule has 0 amide bonds. The highest BCUT2D eigenvalue weighted by Gasteiger charge is 2.52.